The highest BCUT2D eigenvalue weighted by Crippen LogP contribution is 2.37. The van der Waals surface area contributed by atoms with Gasteiger partial charge in [-0.3, -0.25) is 9.89 Å². The van der Waals surface area contributed by atoms with Crippen molar-refractivity contribution in [2.24, 2.45) is 5.92 Å². The zero-order valence-electron chi connectivity index (χ0n) is 13.2. The number of anilines is 1. The summed E-state index contributed by atoms with van der Waals surface area (Å²) < 4.78 is 10.7. The van der Waals surface area contributed by atoms with E-state index in [4.69, 9.17) is 9.47 Å². The molecule has 3 rings (SSSR count). The molecule has 24 heavy (non-hydrogen) atoms. The SMILES string of the molecule is C=CCC(CC=C)C(=O)Nc1[nH]ncc1-c1ccc2c(c1)OCO2. The van der Waals surface area contributed by atoms with Crippen molar-refractivity contribution in [1.82, 2.24) is 10.2 Å². The van der Waals surface area contributed by atoms with Crippen molar-refractivity contribution in [2.45, 2.75) is 12.8 Å². The number of amides is 1. The molecule has 0 saturated carbocycles. The lowest BCUT2D eigenvalue weighted by Crippen LogP contribution is -2.22. The lowest BCUT2D eigenvalue weighted by molar-refractivity contribution is -0.119. The van der Waals surface area contributed by atoms with Crippen LogP contribution in [-0.2, 0) is 4.79 Å². The molecule has 0 aliphatic carbocycles. The van der Waals surface area contributed by atoms with Gasteiger partial charge >= 0.3 is 0 Å². The average molecular weight is 325 g/mol. The molecule has 0 fully saturated rings. The highest BCUT2D eigenvalue weighted by Gasteiger charge is 2.20. The summed E-state index contributed by atoms with van der Waals surface area (Å²) in [6.45, 7) is 7.62. The lowest BCUT2D eigenvalue weighted by Gasteiger charge is -2.13. The van der Waals surface area contributed by atoms with Gasteiger partial charge in [0.1, 0.15) is 5.82 Å². The summed E-state index contributed by atoms with van der Waals surface area (Å²) in [4.78, 5) is 12.5. The third-order valence-electron chi connectivity index (χ3n) is 3.84. The van der Waals surface area contributed by atoms with Crippen molar-refractivity contribution in [3.8, 4) is 22.6 Å². The molecule has 0 atom stereocenters. The molecule has 1 amide bonds. The van der Waals surface area contributed by atoms with Gasteiger partial charge in [-0.1, -0.05) is 18.2 Å². The van der Waals surface area contributed by atoms with Crippen molar-refractivity contribution in [3.05, 3.63) is 49.7 Å². The van der Waals surface area contributed by atoms with E-state index in [0.717, 1.165) is 11.1 Å². The van der Waals surface area contributed by atoms with Crippen LogP contribution in [0.25, 0.3) is 11.1 Å². The normalized spacial score (nSPS) is 12.2. The van der Waals surface area contributed by atoms with Gasteiger partial charge in [-0.05, 0) is 30.5 Å². The van der Waals surface area contributed by atoms with Gasteiger partial charge in [0.2, 0.25) is 12.7 Å². The monoisotopic (exact) mass is 325 g/mol. The number of ether oxygens (including phenoxy) is 2. The number of nitrogens with zero attached hydrogens (tertiary/aromatic N) is 1. The first-order chi connectivity index (χ1) is 11.7. The Labute approximate surface area is 140 Å². The number of nitrogens with one attached hydrogen (secondary N) is 2. The summed E-state index contributed by atoms with van der Waals surface area (Å²) in [5.74, 6) is 1.65. The molecule has 124 valence electrons. The molecule has 2 heterocycles. The average Bonchev–Trinajstić information content (AvgIpc) is 3.22. The molecule has 2 aromatic rings. The zero-order chi connectivity index (χ0) is 16.9. The molecular weight excluding hydrogens is 306 g/mol. The Morgan fingerprint density at radius 2 is 2.04 bits per heavy atom. The van der Waals surface area contributed by atoms with E-state index in [9.17, 15) is 4.79 Å². The van der Waals surface area contributed by atoms with Crippen LogP contribution in [0.2, 0.25) is 0 Å². The number of aromatic nitrogens is 2. The number of carbonyl (C=O) groups excluding carboxylic acids is 1. The summed E-state index contributed by atoms with van der Waals surface area (Å²) in [5, 5.41) is 9.78. The molecule has 0 spiro atoms. The van der Waals surface area contributed by atoms with E-state index >= 15 is 0 Å². The van der Waals surface area contributed by atoms with Gasteiger partial charge in [-0.2, -0.15) is 5.10 Å². The molecule has 0 unspecified atom stereocenters. The molecule has 6 heteroatoms. The van der Waals surface area contributed by atoms with E-state index in [1.807, 2.05) is 18.2 Å². The quantitative estimate of drug-likeness (QED) is 0.764. The van der Waals surface area contributed by atoms with E-state index in [2.05, 4.69) is 28.7 Å². The fourth-order valence-corrected chi connectivity index (χ4v) is 2.60. The second kappa shape index (κ2) is 7.04. The summed E-state index contributed by atoms with van der Waals surface area (Å²) in [6, 6.07) is 5.61. The molecule has 1 aliphatic heterocycles. The van der Waals surface area contributed by atoms with E-state index < -0.39 is 0 Å². The number of hydrogen-bond donors (Lipinski definition) is 2. The fourth-order valence-electron chi connectivity index (χ4n) is 2.60. The summed E-state index contributed by atoms with van der Waals surface area (Å²) in [6.07, 6.45) is 6.32. The van der Waals surface area contributed by atoms with Crippen LogP contribution in [0.4, 0.5) is 5.82 Å². The van der Waals surface area contributed by atoms with Crippen molar-refractivity contribution >= 4 is 11.7 Å². The standard InChI is InChI=1S/C18H19N3O3/c1-3-5-12(6-4-2)18(22)20-17-14(10-19-21-17)13-7-8-15-16(9-13)24-11-23-15/h3-4,7-10,12H,1-2,5-6,11H2,(H2,19,20,21,22). The van der Waals surface area contributed by atoms with Gasteiger partial charge in [0.25, 0.3) is 0 Å². The Morgan fingerprint density at radius 3 is 2.79 bits per heavy atom. The number of benzene rings is 1. The zero-order valence-corrected chi connectivity index (χ0v) is 13.2. The number of rotatable bonds is 7. The minimum absolute atomic E-state index is 0.0963. The Hall–Kier alpha value is -3.02. The number of aromatic amines is 1. The second-order valence-electron chi connectivity index (χ2n) is 5.46. The maximum absolute atomic E-state index is 12.5. The lowest BCUT2D eigenvalue weighted by atomic mass is 10.0. The van der Waals surface area contributed by atoms with Crippen LogP contribution in [0.3, 0.4) is 0 Å². The van der Waals surface area contributed by atoms with Gasteiger partial charge in [0.15, 0.2) is 11.5 Å². The topological polar surface area (TPSA) is 76.2 Å². The largest absolute Gasteiger partial charge is 0.454 e. The first-order valence-corrected chi connectivity index (χ1v) is 7.69. The molecule has 0 saturated heterocycles. The minimum atomic E-state index is -0.201. The van der Waals surface area contributed by atoms with Crippen LogP contribution in [0, 0.1) is 5.92 Å². The van der Waals surface area contributed by atoms with Crippen LogP contribution in [-0.4, -0.2) is 22.9 Å². The van der Waals surface area contributed by atoms with E-state index in [0.29, 0.717) is 30.2 Å². The Balaban J connectivity index is 1.81. The van der Waals surface area contributed by atoms with Crippen molar-refractivity contribution in [1.29, 1.82) is 0 Å². The Morgan fingerprint density at radius 1 is 1.29 bits per heavy atom. The van der Waals surface area contributed by atoms with Crippen molar-refractivity contribution in [2.75, 3.05) is 12.1 Å². The van der Waals surface area contributed by atoms with Crippen LogP contribution in [0.1, 0.15) is 12.8 Å². The van der Waals surface area contributed by atoms with E-state index in [1.165, 1.54) is 0 Å². The molecule has 1 aromatic carbocycles. The molecule has 1 aromatic heterocycles. The minimum Gasteiger partial charge on any atom is -0.454 e. The number of H-pyrrole nitrogens is 1. The van der Waals surface area contributed by atoms with Gasteiger partial charge < -0.3 is 14.8 Å². The van der Waals surface area contributed by atoms with Crippen LogP contribution in [0.5, 0.6) is 11.5 Å². The fraction of sp³-hybridized carbons (Fsp3) is 0.222. The van der Waals surface area contributed by atoms with Crippen LogP contribution < -0.4 is 14.8 Å². The van der Waals surface area contributed by atoms with Gasteiger partial charge in [-0.15, -0.1) is 13.2 Å². The Kier molecular flexibility index (Phi) is 4.65. The Bertz CT molecular complexity index is 757. The molecular formula is C18H19N3O3. The third-order valence-corrected chi connectivity index (χ3v) is 3.84. The van der Waals surface area contributed by atoms with E-state index in [1.54, 1.807) is 18.3 Å². The molecule has 2 N–H and O–H groups in total. The first-order valence-electron chi connectivity index (χ1n) is 7.69. The summed E-state index contributed by atoms with van der Waals surface area (Å²) >= 11 is 0. The predicted molar refractivity (Wildman–Crippen MR) is 91.9 cm³/mol. The summed E-state index contributed by atoms with van der Waals surface area (Å²) in [7, 11) is 0. The predicted octanol–water partition coefficient (Wildman–Crippen LogP) is 3.51. The number of allylic oxidation sites excluding steroid dienone is 2. The second-order valence-corrected chi connectivity index (χ2v) is 5.46. The number of carbonyl (C=O) groups is 1. The van der Waals surface area contributed by atoms with Gasteiger partial charge in [0.05, 0.1) is 6.20 Å². The highest BCUT2D eigenvalue weighted by molar-refractivity contribution is 5.95. The van der Waals surface area contributed by atoms with Crippen LogP contribution in [0.15, 0.2) is 49.7 Å². The highest BCUT2D eigenvalue weighted by atomic mass is 16.7. The number of hydrogen-bond acceptors (Lipinski definition) is 4. The van der Waals surface area contributed by atoms with Crippen molar-refractivity contribution in [3.63, 3.8) is 0 Å². The van der Waals surface area contributed by atoms with Crippen molar-refractivity contribution < 1.29 is 14.3 Å². The maximum Gasteiger partial charge on any atom is 0.231 e. The summed E-state index contributed by atoms with van der Waals surface area (Å²) in [5.41, 5.74) is 1.67. The maximum atomic E-state index is 12.5. The van der Waals surface area contributed by atoms with Gasteiger partial charge in [-0.25, -0.2) is 0 Å². The van der Waals surface area contributed by atoms with E-state index in [-0.39, 0.29) is 18.6 Å². The van der Waals surface area contributed by atoms with Crippen LogP contribution >= 0.6 is 0 Å². The molecule has 1 aliphatic rings. The third kappa shape index (κ3) is 3.17. The molecule has 0 bridgehead atoms. The van der Waals surface area contributed by atoms with Gasteiger partial charge in [0, 0.05) is 11.5 Å². The molecule has 6 nitrogen and oxygen atoms in total. The number of fused-ring (bicyclic) bond motifs is 1. The molecule has 0 radical (unpaired) electrons. The smallest absolute Gasteiger partial charge is 0.231 e. The first kappa shape index (κ1) is 15.9.